The smallest absolute Gasteiger partial charge is 0.213 e. The molecular formula is C18H32N2O. The van der Waals surface area contributed by atoms with Crippen LogP contribution in [-0.4, -0.2) is 17.6 Å². The van der Waals surface area contributed by atoms with Crippen molar-refractivity contribution >= 4 is 0 Å². The molecule has 3 nitrogen and oxygen atoms in total. The summed E-state index contributed by atoms with van der Waals surface area (Å²) in [6.45, 7) is 9.75. The van der Waals surface area contributed by atoms with Crippen molar-refractivity contribution in [1.29, 1.82) is 0 Å². The van der Waals surface area contributed by atoms with Gasteiger partial charge in [-0.3, -0.25) is 0 Å². The number of unbranched alkanes of at least 4 members (excludes halogenated alkanes) is 3. The second-order valence-electron chi connectivity index (χ2n) is 5.88. The van der Waals surface area contributed by atoms with Gasteiger partial charge in [0.25, 0.3) is 0 Å². The molecular weight excluding hydrogens is 260 g/mol. The van der Waals surface area contributed by atoms with E-state index in [9.17, 15) is 0 Å². The number of hydrogen-bond donors (Lipinski definition) is 1. The van der Waals surface area contributed by atoms with E-state index in [0.29, 0.717) is 6.04 Å². The van der Waals surface area contributed by atoms with Gasteiger partial charge < -0.3 is 10.1 Å². The summed E-state index contributed by atoms with van der Waals surface area (Å²) in [5, 5.41) is 3.47. The predicted molar refractivity (Wildman–Crippen MR) is 89.8 cm³/mol. The van der Waals surface area contributed by atoms with Crippen LogP contribution in [0.15, 0.2) is 18.3 Å². The fourth-order valence-corrected chi connectivity index (χ4v) is 2.32. The lowest BCUT2D eigenvalue weighted by Crippen LogP contribution is -2.19. The molecule has 0 bridgehead atoms. The van der Waals surface area contributed by atoms with Crippen molar-refractivity contribution in [3.05, 3.63) is 23.9 Å². The summed E-state index contributed by atoms with van der Waals surface area (Å²) in [7, 11) is 0. The van der Waals surface area contributed by atoms with Crippen LogP contribution in [-0.2, 0) is 0 Å². The van der Waals surface area contributed by atoms with Crippen molar-refractivity contribution in [2.45, 2.75) is 78.4 Å². The Kier molecular flexibility index (Phi) is 9.07. The van der Waals surface area contributed by atoms with Crippen LogP contribution in [0, 0.1) is 0 Å². The van der Waals surface area contributed by atoms with Crippen LogP contribution in [0.2, 0.25) is 0 Å². The van der Waals surface area contributed by atoms with E-state index in [1.165, 1.54) is 31.2 Å². The second kappa shape index (κ2) is 10.6. The Bertz CT molecular complexity index is 364. The maximum Gasteiger partial charge on any atom is 0.213 e. The van der Waals surface area contributed by atoms with Crippen molar-refractivity contribution in [1.82, 2.24) is 10.3 Å². The van der Waals surface area contributed by atoms with E-state index in [2.05, 4.69) is 44.1 Å². The fraction of sp³-hybridized carbons (Fsp3) is 0.722. The van der Waals surface area contributed by atoms with Gasteiger partial charge >= 0.3 is 0 Å². The number of aromatic nitrogens is 1. The van der Waals surface area contributed by atoms with Crippen LogP contribution in [0.1, 0.15) is 77.8 Å². The Morgan fingerprint density at radius 1 is 1.10 bits per heavy atom. The maximum atomic E-state index is 5.88. The number of nitrogens with one attached hydrogen (secondary N) is 1. The molecule has 0 aliphatic carbocycles. The van der Waals surface area contributed by atoms with E-state index in [4.69, 9.17) is 4.74 Å². The van der Waals surface area contributed by atoms with Crippen LogP contribution < -0.4 is 10.1 Å². The Labute approximate surface area is 130 Å². The minimum Gasteiger partial charge on any atom is -0.475 e. The van der Waals surface area contributed by atoms with Crippen LogP contribution in [0.25, 0.3) is 0 Å². The van der Waals surface area contributed by atoms with Crippen molar-refractivity contribution in [3.8, 4) is 5.88 Å². The van der Waals surface area contributed by atoms with Gasteiger partial charge in [0.05, 0.1) is 6.10 Å². The predicted octanol–water partition coefficient (Wildman–Crippen LogP) is 4.88. The van der Waals surface area contributed by atoms with E-state index in [1.807, 2.05) is 12.3 Å². The third-order valence-electron chi connectivity index (χ3n) is 3.75. The van der Waals surface area contributed by atoms with E-state index >= 15 is 0 Å². The Hall–Kier alpha value is -1.09. The molecule has 0 amide bonds. The topological polar surface area (TPSA) is 34.1 Å². The molecule has 21 heavy (non-hydrogen) atoms. The van der Waals surface area contributed by atoms with E-state index in [1.54, 1.807) is 0 Å². The summed E-state index contributed by atoms with van der Waals surface area (Å²) in [6, 6.07) is 4.44. The SMILES string of the molecule is CCCCCCC(C)Oc1ccc(C(C)NCCC)cn1. The molecule has 0 radical (unpaired) electrons. The van der Waals surface area contributed by atoms with Gasteiger partial charge in [0, 0.05) is 18.3 Å². The fourth-order valence-electron chi connectivity index (χ4n) is 2.32. The minimum atomic E-state index is 0.246. The van der Waals surface area contributed by atoms with Crippen LogP contribution in [0.3, 0.4) is 0 Å². The van der Waals surface area contributed by atoms with Crippen LogP contribution in [0.4, 0.5) is 0 Å². The zero-order chi connectivity index (χ0) is 15.5. The van der Waals surface area contributed by atoms with Crippen LogP contribution in [0.5, 0.6) is 5.88 Å². The van der Waals surface area contributed by atoms with Crippen molar-refractivity contribution in [3.63, 3.8) is 0 Å². The highest BCUT2D eigenvalue weighted by Gasteiger charge is 2.07. The lowest BCUT2D eigenvalue weighted by molar-refractivity contribution is 0.198. The number of nitrogens with zero attached hydrogens (tertiary/aromatic N) is 1. The molecule has 0 aliphatic rings. The zero-order valence-electron chi connectivity index (χ0n) is 14.2. The summed E-state index contributed by atoms with van der Waals surface area (Å²) in [5.74, 6) is 0.740. The Morgan fingerprint density at radius 3 is 2.52 bits per heavy atom. The molecule has 2 unspecified atom stereocenters. The average Bonchev–Trinajstić information content (AvgIpc) is 2.50. The second-order valence-corrected chi connectivity index (χ2v) is 5.88. The van der Waals surface area contributed by atoms with E-state index in [0.717, 1.165) is 25.3 Å². The number of pyridine rings is 1. The summed E-state index contributed by atoms with van der Waals surface area (Å²) in [6.07, 6.45) is 9.57. The molecule has 3 heteroatoms. The van der Waals surface area contributed by atoms with Crippen LogP contribution >= 0.6 is 0 Å². The number of ether oxygens (including phenoxy) is 1. The van der Waals surface area contributed by atoms with Gasteiger partial charge in [-0.2, -0.15) is 0 Å². The highest BCUT2D eigenvalue weighted by molar-refractivity contribution is 5.20. The van der Waals surface area contributed by atoms with Gasteiger partial charge in [0.15, 0.2) is 0 Å². The molecule has 1 N–H and O–H groups in total. The molecule has 0 aliphatic heterocycles. The van der Waals surface area contributed by atoms with Gasteiger partial charge in [0.1, 0.15) is 0 Å². The molecule has 0 aromatic carbocycles. The minimum absolute atomic E-state index is 0.246. The molecule has 0 saturated heterocycles. The molecule has 0 fully saturated rings. The zero-order valence-corrected chi connectivity index (χ0v) is 14.2. The van der Waals surface area contributed by atoms with Crippen molar-refractivity contribution < 1.29 is 4.74 Å². The first kappa shape index (κ1) is 18.0. The lowest BCUT2D eigenvalue weighted by atomic mass is 10.1. The lowest BCUT2D eigenvalue weighted by Gasteiger charge is -2.16. The molecule has 0 saturated carbocycles. The molecule has 1 aromatic rings. The summed E-state index contributed by atoms with van der Waals surface area (Å²) in [5.41, 5.74) is 1.21. The van der Waals surface area contributed by atoms with Gasteiger partial charge in [-0.05, 0) is 45.2 Å². The summed E-state index contributed by atoms with van der Waals surface area (Å²) < 4.78 is 5.88. The molecule has 2 atom stereocenters. The Balaban J connectivity index is 2.36. The molecule has 0 spiro atoms. The third-order valence-corrected chi connectivity index (χ3v) is 3.75. The number of hydrogen-bond acceptors (Lipinski definition) is 3. The van der Waals surface area contributed by atoms with Gasteiger partial charge in [0.2, 0.25) is 5.88 Å². The van der Waals surface area contributed by atoms with Crippen molar-refractivity contribution in [2.75, 3.05) is 6.54 Å². The first-order chi connectivity index (χ1) is 10.2. The average molecular weight is 292 g/mol. The van der Waals surface area contributed by atoms with Crippen molar-refractivity contribution in [2.24, 2.45) is 0 Å². The highest BCUT2D eigenvalue weighted by atomic mass is 16.5. The summed E-state index contributed by atoms with van der Waals surface area (Å²) >= 11 is 0. The molecule has 1 rings (SSSR count). The van der Waals surface area contributed by atoms with Gasteiger partial charge in [-0.15, -0.1) is 0 Å². The van der Waals surface area contributed by atoms with Gasteiger partial charge in [-0.25, -0.2) is 4.98 Å². The van der Waals surface area contributed by atoms with E-state index < -0.39 is 0 Å². The first-order valence-corrected chi connectivity index (χ1v) is 8.53. The molecule has 1 aromatic heterocycles. The van der Waals surface area contributed by atoms with E-state index in [-0.39, 0.29) is 6.10 Å². The first-order valence-electron chi connectivity index (χ1n) is 8.53. The maximum absolute atomic E-state index is 5.88. The monoisotopic (exact) mass is 292 g/mol. The Morgan fingerprint density at radius 2 is 1.90 bits per heavy atom. The highest BCUT2D eigenvalue weighted by Crippen LogP contribution is 2.17. The standard InChI is InChI=1S/C18H32N2O/c1-5-7-8-9-10-15(3)21-18-12-11-17(14-20-18)16(4)19-13-6-2/h11-12,14-16,19H,5-10,13H2,1-4H3. The number of rotatable bonds is 11. The largest absolute Gasteiger partial charge is 0.475 e. The summed E-state index contributed by atoms with van der Waals surface area (Å²) in [4.78, 5) is 4.43. The molecule has 120 valence electrons. The normalized spacial score (nSPS) is 13.9. The third kappa shape index (κ3) is 7.47. The van der Waals surface area contributed by atoms with Gasteiger partial charge in [-0.1, -0.05) is 39.2 Å². The quantitative estimate of drug-likeness (QED) is 0.590. The molecule has 1 heterocycles.